The van der Waals surface area contributed by atoms with E-state index < -0.39 is 12.0 Å². The maximum atomic E-state index is 10.4. The second kappa shape index (κ2) is 3.20. The van der Waals surface area contributed by atoms with Crippen LogP contribution in [0.25, 0.3) is 0 Å². The minimum atomic E-state index is -0.944. The molecule has 1 rings (SSSR count). The SMILES string of the molecule is C.O=C1CCC(C(=O)O)N1. The Morgan fingerprint density at radius 3 is 2.50 bits per heavy atom. The number of rotatable bonds is 1. The van der Waals surface area contributed by atoms with E-state index in [0.717, 1.165) is 0 Å². The number of carboxylic acid groups (broad SMARTS) is 1. The van der Waals surface area contributed by atoms with E-state index in [0.29, 0.717) is 12.8 Å². The van der Waals surface area contributed by atoms with Gasteiger partial charge in [-0.2, -0.15) is 0 Å². The molecule has 1 unspecified atom stereocenters. The molecule has 1 atom stereocenters. The summed E-state index contributed by atoms with van der Waals surface area (Å²) in [5, 5.41) is 10.6. The number of hydrogen-bond acceptors (Lipinski definition) is 2. The first-order chi connectivity index (χ1) is 4.20. The highest BCUT2D eigenvalue weighted by Gasteiger charge is 2.26. The molecule has 0 saturated carbocycles. The van der Waals surface area contributed by atoms with Crippen LogP contribution in [-0.4, -0.2) is 23.0 Å². The highest BCUT2D eigenvalue weighted by molar-refractivity contribution is 5.87. The number of carboxylic acids is 1. The van der Waals surface area contributed by atoms with Crippen LogP contribution in [0.4, 0.5) is 0 Å². The lowest BCUT2D eigenvalue weighted by molar-refractivity contribution is -0.140. The van der Waals surface area contributed by atoms with Gasteiger partial charge in [-0.05, 0) is 6.42 Å². The molecule has 0 spiro atoms. The van der Waals surface area contributed by atoms with Crippen molar-refractivity contribution in [3.63, 3.8) is 0 Å². The minimum Gasteiger partial charge on any atom is -0.480 e. The zero-order valence-corrected chi connectivity index (χ0v) is 4.76. The molecule has 1 amide bonds. The maximum absolute atomic E-state index is 10.4. The number of hydrogen-bond donors (Lipinski definition) is 2. The van der Waals surface area contributed by atoms with Crippen molar-refractivity contribution >= 4 is 11.9 Å². The van der Waals surface area contributed by atoms with Gasteiger partial charge in [-0.1, -0.05) is 7.43 Å². The Morgan fingerprint density at radius 2 is 2.30 bits per heavy atom. The number of aliphatic carboxylic acids is 1. The van der Waals surface area contributed by atoms with Crippen LogP contribution in [0, 0.1) is 0 Å². The second-order valence-electron chi connectivity index (χ2n) is 2.00. The summed E-state index contributed by atoms with van der Waals surface area (Å²) in [6, 6.07) is -0.641. The number of nitrogens with one attached hydrogen (secondary N) is 1. The highest BCUT2D eigenvalue weighted by atomic mass is 16.4. The smallest absolute Gasteiger partial charge is 0.326 e. The van der Waals surface area contributed by atoms with Gasteiger partial charge in [0.25, 0.3) is 0 Å². The maximum Gasteiger partial charge on any atom is 0.326 e. The van der Waals surface area contributed by atoms with Crippen molar-refractivity contribution in [3.8, 4) is 0 Å². The fraction of sp³-hybridized carbons (Fsp3) is 0.667. The summed E-state index contributed by atoms with van der Waals surface area (Å²) >= 11 is 0. The van der Waals surface area contributed by atoms with Crippen molar-refractivity contribution in [2.24, 2.45) is 0 Å². The molecule has 1 aliphatic heterocycles. The minimum absolute atomic E-state index is 0. The van der Waals surface area contributed by atoms with Crippen molar-refractivity contribution in [3.05, 3.63) is 0 Å². The van der Waals surface area contributed by atoms with E-state index in [4.69, 9.17) is 5.11 Å². The molecule has 1 saturated heterocycles. The first kappa shape index (κ1) is 8.94. The highest BCUT2D eigenvalue weighted by Crippen LogP contribution is 2.05. The van der Waals surface area contributed by atoms with E-state index >= 15 is 0 Å². The van der Waals surface area contributed by atoms with E-state index in [1.54, 1.807) is 0 Å². The van der Waals surface area contributed by atoms with Gasteiger partial charge in [0.15, 0.2) is 0 Å². The molecule has 1 aliphatic rings. The van der Waals surface area contributed by atoms with E-state index in [-0.39, 0.29) is 13.3 Å². The average Bonchev–Trinajstić information content (AvgIpc) is 2.14. The molecule has 0 aromatic rings. The average molecular weight is 145 g/mol. The summed E-state index contributed by atoms with van der Waals surface area (Å²) in [5.74, 6) is -1.11. The number of amides is 1. The molecule has 0 aromatic carbocycles. The molecule has 1 fully saturated rings. The Hall–Kier alpha value is -1.06. The molecule has 0 aliphatic carbocycles. The summed E-state index contributed by atoms with van der Waals surface area (Å²) in [6.07, 6.45) is 0.769. The first-order valence-corrected chi connectivity index (χ1v) is 2.72. The predicted molar refractivity (Wildman–Crippen MR) is 35.5 cm³/mol. The van der Waals surface area contributed by atoms with Crippen LogP contribution >= 0.6 is 0 Å². The Kier molecular flexibility index (Phi) is 2.86. The standard InChI is InChI=1S/C5H7NO3.CH4/c7-4-2-1-3(6-4)5(8)9;/h3H,1-2H2,(H,6,7)(H,8,9);1H4. The van der Waals surface area contributed by atoms with Gasteiger partial charge in [0.2, 0.25) is 5.91 Å². The van der Waals surface area contributed by atoms with Crippen LogP contribution in [0.1, 0.15) is 20.3 Å². The summed E-state index contributed by atoms with van der Waals surface area (Å²) in [7, 11) is 0. The molecular formula is C6H11NO3. The van der Waals surface area contributed by atoms with Crippen LogP contribution in [0.5, 0.6) is 0 Å². The Morgan fingerprint density at radius 1 is 1.70 bits per heavy atom. The van der Waals surface area contributed by atoms with Crippen molar-refractivity contribution in [1.82, 2.24) is 5.32 Å². The van der Waals surface area contributed by atoms with Crippen LogP contribution in [-0.2, 0) is 9.59 Å². The third-order valence-corrected chi connectivity index (χ3v) is 1.29. The number of carbonyl (C=O) groups is 2. The zero-order valence-electron chi connectivity index (χ0n) is 4.76. The van der Waals surface area contributed by atoms with Gasteiger partial charge in [0.1, 0.15) is 6.04 Å². The molecule has 2 N–H and O–H groups in total. The lowest BCUT2D eigenvalue weighted by atomic mass is 10.2. The summed E-state index contributed by atoms with van der Waals surface area (Å²) < 4.78 is 0. The molecule has 4 nitrogen and oxygen atoms in total. The van der Waals surface area contributed by atoms with Gasteiger partial charge in [0.05, 0.1) is 0 Å². The largest absolute Gasteiger partial charge is 0.480 e. The van der Waals surface area contributed by atoms with Crippen LogP contribution in [0.3, 0.4) is 0 Å². The predicted octanol–water partition coefficient (Wildman–Crippen LogP) is -0.0143. The van der Waals surface area contributed by atoms with Crippen molar-refractivity contribution in [2.45, 2.75) is 26.3 Å². The van der Waals surface area contributed by atoms with Crippen molar-refractivity contribution < 1.29 is 14.7 Å². The molecule has 1 heterocycles. The third kappa shape index (κ3) is 1.72. The monoisotopic (exact) mass is 145 g/mol. The molecule has 0 aromatic heterocycles. The molecule has 58 valence electrons. The van der Waals surface area contributed by atoms with Gasteiger partial charge < -0.3 is 10.4 Å². The third-order valence-electron chi connectivity index (χ3n) is 1.29. The Balaban J connectivity index is 0.000000810. The Labute approximate surface area is 59.2 Å². The van der Waals surface area contributed by atoms with E-state index in [2.05, 4.69) is 5.32 Å². The lowest BCUT2D eigenvalue weighted by Crippen LogP contribution is -2.32. The fourth-order valence-corrected chi connectivity index (χ4v) is 0.799. The molecule has 10 heavy (non-hydrogen) atoms. The summed E-state index contributed by atoms with van der Waals surface area (Å²) in [4.78, 5) is 20.5. The normalized spacial score (nSPS) is 23.2. The topological polar surface area (TPSA) is 66.4 Å². The van der Waals surface area contributed by atoms with Crippen LogP contribution in [0.2, 0.25) is 0 Å². The van der Waals surface area contributed by atoms with Crippen LogP contribution < -0.4 is 5.32 Å². The van der Waals surface area contributed by atoms with E-state index in [1.807, 2.05) is 0 Å². The van der Waals surface area contributed by atoms with Gasteiger partial charge in [-0.25, -0.2) is 4.79 Å². The molecular weight excluding hydrogens is 134 g/mol. The lowest BCUT2D eigenvalue weighted by Gasteiger charge is -1.99. The summed E-state index contributed by atoms with van der Waals surface area (Å²) in [6.45, 7) is 0. The van der Waals surface area contributed by atoms with Crippen molar-refractivity contribution in [1.29, 1.82) is 0 Å². The second-order valence-corrected chi connectivity index (χ2v) is 2.00. The molecule has 4 heteroatoms. The van der Waals surface area contributed by atoms with E-state index in [9.17, 15) is 9.59 Å². The molecule has 0 bridgehead atoms. The Bertz CT molecular complexity index is 155. The molecule has 0 radical (unpaired) electrons. The zero-order chi connectivity index (χ0) is 6.85. The summed E-state index contributed by atoms with van der Waals surface area (Å²) in [5.41, 5.74) is 0. The van der Waals surface area contributed by atoms with E-state index in [1.165, 1.54) is 0 Å². The number of carbonyl (C=O) groups excluding carboxylic acids is 1. The quantitative estimate of drug-likeness (QED) is 0.545. The fourth-order valence-electron chi connectivity index (χ4n) is 0.799. The first-order valence-electron chi connectivity index (χ1n) is 2.72. The van der Waals surface area contributed by atoms with Gasteiger partial charge in [-0.3, -0.25) is 4.79 Å². The van der Waals surface area contributed by atoms with Crippen molar-refractivity contribution in [2.75, 3.05) is 0 Å². The van der Waals surface area contributed by atoms with Gasteiger partial charge in [0, 0.05) is 6.42 Å². The van der Waals surface area contributed by atoms with Gasteiger partial charge in [-0.15, -0.1) is 0 Å². The van der Waals surface area contributed by atoms with Crippen LogP contribution in [0.15, 0.2) is 0 Å². The van der Waals surface area contributed by atoms with Gasteiger partial charge >= 0.3 is 5.97 Å².